The van der Waals surface area contributed by atoms with E-state index in [2.05, 4.69) is 15.3 Å². The van der Waals surface area contributed by atoms with Gasteiger partial charge in [-0.05, 0) is 12.2 Å². The predicted molar refractivity (Wildman–Crippen MR) is 54.2 cm³/mol. The summed E-state index contributed by atoms with van der Waals surface area (Å²) in [5.41, 5.74) is -0.139. The fourth-order valence-electron chi connectivity index (χ4n) is 1.30. The number of aromatic nitrogens is 2. The minimum atomic E-state index is -0.139. The van der Waals surface area contributed by atoms with E-state index in [4.69, 9.17) is 0 Å². The normalized spacial score (nSPS) is 21.7. The molecule has 0 aliphatic carbocycles. The van der Waals surface area contributed by atoms with E-state index >= 15 is 0 Å². The number of hydrogen-bond acceptors (Lipinski definition) is 4. The van der Waals surface area contributed by atoms with Gasteiger partial charge >= 0.3 is 0 Å². The zero-order chi connectivity index (χ0) is 9.10. The molecular weight excluding hydrogens is 186 g/mol. The first-order valence-corrected chi connectivity index (χ1v) is 5.40. The van der Waals surface area contributed by atoms with E-state index < -0.39 is 0 Å². The molecule has 4 nitrogen and oxygen atoms in total. The van der Waals surface area contributed by atoms with Gasteiger partial charge in [0.15, 0.2) is 5.82 Å². The zero-order valence-corrected chi connectivity index (χ0v) is 7.93. The third kappa shape index (κ3) is 2.03. The van der Waals surface area contributed by atoms with Gasteiger partial charge in [0.25, 0.3) is 5.56 Å². The van der Waals surface area contributed by atoms with E-state index in [-0.39, 0.29) is 5.56 Å². The van der Waals surface area contributed by atoms with Crippen molar-refractivity contribution in [2.75, 3.05) is 16.8 Å². The van der Waals surface area contributed by atoms with Crippen molar-refractivity contribution in [2.45, 2.75) is 12.5 Å². The number of aromatic amines is 1. The zero-order valence-electron chi connectivity index (χ0n) is 7.12. The minimum Gasteiger partial charge on any atom is -0.362 e. The van der Waals surface area contributed by atoms with Crippen molar-refractivity contribution >= 4 is 17.6 Å². The molecule has 13 heavy (non-hydrogen) atoms. The monoisotopic (exact) mass is 197 g/mol. The Kier molecular flexibility index (Phi) is 2.54. The summed E-state index contributed by atoms with van der Waals surface area (Å²) in [6.45, 7) is 0. The van der Waals surface area contributed by atoms with Gasteiger partial charge in [-0.15, -0.1) is 0 Å². The van der Waals surface area contributed by atoms with Crippen LogP contribution in [-0.2, 0) is 0 Å². The van der Waals surface area contributed by atoms with Gasteiger partial charge in [-0.1, -0.05) is 0 Å². The highest BCUT2D eigenvalue weighted by Crippen LogP contribution is 2.18. The Labute approximate surface area is 80.2 Å². The summed E-state index contributed by atoms with van der Waals surface area (Å²) in [7, 11) is 0. The van der Waals surface area contributed by atoms with E-state index in [1.807, 2.05) is 11.8 Å². The van der Waals surface area contributed by atoms with Crippen molar-refractivity contribution in [3.05, 3.63) is 22.7 Å². The van der Waals surface area contributed by atoms with Crippen LogP contribution in [0, 0.1) is 0 Å². The topological polar surface area (TPSA) is 57.8 Å². The number of rotatable bonds is 2. The Hall–Kier alpha value is -0.970. The van der Waals surface area contributed by atoms with Gasteiger partial charge in [0, 0.05) is 24.2 Å². The molecule has 0 aromatic carbocycles. The van der Waals surface area contributed by atoms with E-state index in [1.54, 1.807) is 6.20 Å². The molecule has 0 radical (unpaired) electrons. The second-order valence-corrected chi connectivity index (χ2v) is 4.12. The molecule has 2 rings (SSSR count). The third-order valence-corrected chi connectivity index (χ3v) is 3.14. The Balaban J connectivity index is 2.08. The second kappa shape index (κ2) is 3.83. The lowest BCUT2D eigenvalue weighted by atomic mass is 10.3. The molecule has 70 valence electrons. The van der Waals surface area contributed by atoms with Gasteiger partial charge < -0.3 is 10.3 Å². The van der Waals surface area contributed by atoms with Crippen LogP contribution < -0.4 is 10.9 Å². The highest BCUT2D eigenvalue weighted by atomic mass is 32.2. The second-order valence-electron chi connectivity index (χ2n) is 2.97. The van der Waals surface area contributed by atoms with Crippen molar-refractivity contribution in [2.24, 2.45) is 0 Å². The first-order valence-electron chi connectivity index (χ1n) is 4.24. The lowest BCUT2D eigenvalue weighted by molar-refractivity contribution is 0.802. The Bertz CT molecular complexity index is 332. The summed E-state index contributed by atoms with van der Waals surface area (Å²) in [5.74, 6) is 2.67. The Morgan fingerprint density at radius 1 is 1.69 bits per heavy atom. The van der Waals surface area contributed by atoms with Crippen LogP contribution in [0.3, 0.4) is 0 Å². The summed E-state index contributed by atoms with van der Waals surface area (Å²) in [4.78, 5) is 17.8. The quantitative estimate of drug-likeness (QED) is 0.732. The maximum atomic E-state index is 11.2. The molecule has 0 amide bonds. The van der Waals surface area contributed by atoms with Gasteiger partial charge in [0.05, 0.1) is 0 Å². The first-order chi connectivity index (χ1) is 6.36. The average Bonchev–Trinajstić information content (AvgIpc) is 2.61. The SMILES string of the molecule is O=c1[nH]ccnc1NC1CCSC1. The number of H-pyrrole nitrogens is 1. The molecule has 5 heteroatoms. The highest BCUT2D eigenvalue weighted by molar-refractivity contribution is 7.99. The number of nitrogens with one attached hydrogen (secondary N) is 2. The number of hydrogen-bond donors (Lipinski definition) is 2. The number of nitrogens with zero attached hydrogens (tertiary/aromatic N) is 1. The molecule has 1 aromatic rings. The maximum absolute atomic E-state index is 11.2. The van der Waals surface area contributed by atoms with Crippen LogP contribution in [0.15, 0.2) is 17.2 Å². The van der Waals surface area contributed by atoms with Gasteiger partial charge in [0.2, 0.25) is 0 Å². The van der Waals surface area contributed by atoms with Crippen molar-refractivity contribution in [3.63, 3.8) is 0 Å². The number of thioether (sulfide) groups is 1. The van der Waals surface area contributed by atoms with Crippen LogP contribution in [0.2, 0.25) is 0 Å². The van der Waals surface area contributed by atoms with Crippen LogP contribution in [0.5, 0.6) is 0 Å². The Morgan fingerprint density at radius 2 is 2.62 bits per heavy atom. The summed E-state index contributed by atoms with van der Waals surface area (Å²) in [6.07, 6.45) is 4.24. The maximum Gasteiger partial charge on any atom is 0.290 e. The summed E-state index contributed by atoms with van der Waals surface area (Å²) in [5, 5.41) is 3.13. The first kappa shape index (κ1) is 8.62. The van der Waals surface area contributed by atoms with Gasteiger partial charge in [-0.25, -0.2) is 4.98 Å². The van der Waals surface area contributed by atoms with Crippen molar-refractivity contribution in [3.8, 4) is 0 Å². The fourth-order valence-corrected chi connectivity index (χ4v) is 2.45. The van der Waals surface area contributed by atoms with Gasteiger partial charge in [-0.3, -0.25) is 4.79 Å². The molecule has 0 bridgehead atoms. The van der Waals surface area contributed by atoms with Crippen molar-refractivity contribution in [1.29, 1.82) is 0 Å². The lowest BCUT2D eigenvalue weighted by Gasteiger charge is -2.09. The van der Waals surface area contributed by atoms with Crippen LogP contribution in [0.1, 0.15) is 6.42 Å². The summed E-state index contributed by atoms with van der Waals surface area (Å²) in [6, 6.07) is 0.404. The molecule has 1 fully saturated rings. The highest BCUT2D eigenvalue weighted by Gasteiger charge is 2.16. The molecule has 1 aromatic heterocycles. The average molecular weight is 197 g/mol. The molecule has 2 heterocycles. The van der Waals surface area contributed by atoms with Gasteiger partial charge in [-0.2, -0.15) is 11.8 Å². The lowest BCUT2D eigenvalue weighted by Crippen LogP contribution is -2.24. The Morgan fingerprint density at radius 3 is 3.31 bits per heavy atom. The molecule has 1 saturated heterocycles. The largest absolute Gasteiger partial charge is 0.362 e. The molecule has 1 aliphatic heterocycles. The van der Waals surface area contributed by atoms with Crippen molar-refractivity contribution in [1.82, 2.24) is 9.97 Å². The molecule has 1 aliphatic rings. The molecular formula is C8H11N3OS. The molecule has 1 atom stereocenters. The molecule has 0 saturated carbocycles. The molecule has 0 spiro atoms. The van der Waals surface area contributed by atoms with Gasteiger partial charge in [0.1, 0.15) is 0 Å². The van der Waals surface area contributed by atoms with Crippen molar-refractivity contribution < 1.29 is 0 Å². The smallest absolute Gasteiger partial charge is 0.290 e. The number of anilines is 1. The standard InChI is InChI=1S/C8H11N3OS/c12-8-7(9-2-3-10-8)11-6-1-4-13-5-6/h2-3,6H,1,4-5H2,(H,9,11)(H,10,12). The summed E-state index contributed by atoms with van der Waals surface area (Å²) >= 11 is 1.90. The van der Waals surface area contributed by atoms with Crippen LogP contribution >= 0.6 is 11.8 Å². The fraction of sp³-hybridized carbons (Fsp3) is 0.500. The van der Waals surface area contributed by atoms with Crippen LogP contribution in [0.25, 0.3) is 0 Å². The van der Waals surface area contributed by atoms with E-state index in [0.29, 0.717) is 11.9 Å². The minimum absolute atomic E-state index is 0.139. The summed E-state index contributed by atoms with van der Waals surface area (Å²) < 4.78 is 0. The van der Waals surface area contributed by atoms with Crippen LogP contribution in [0.4, 0.5) is 5.82 Å². The van der Waals surface area contributed by atoms with Crippen LogP contribution in [-0.4, -0.2) is 27.5 Å². The van der Waals surface area contributed by atoms with E-state index in [9.17, 15) is 4.79 Å². The van der Waals surface area contributed by atoms with E-state index in [1.165, 1.54) is 11.9 Å². The molecule has 1 unspecified atom stereocenters. The third-order valence-electron chi connectivity index (χ3n) is 1.98. The van der Waals surface area contributed by atoms with E-state index in [0.717, 1.165) is 12.2 Å². The predicted octanol–water partition coefficient (Wildman–Crippen LogP) is 0.687. The molecule has 2 N–H and O–H groups in total.